The van der Waals surface area contributed by atoms with Gasteiger partial charge in [-0.05, 0) is 19.1 Å². The smallest absolute Gasteiger partial charge is 0.338 e. The largest absolute Gasteiger partial charge is 0.478 e. The highest BCUT2D eigenvalue weighted by Crippen LogP contribution is 2.08. The number of carboxylic acids is 1. The van der Waals surface area contributed by atoms with Gasteiger partial charge in [-0.2, -0.15) is 0 Å². The number of amides is 1. The predicted molar refractivity (Wildman–Crippen MR) is 64.6 cm³/mol. The second kappa shape index (κ2) is 6.70. The summed E-state index contributed by atoms with van der Waals surface area (Å²) in [5, 5.41) is 8.98. The molecule has 1 aromatic heterocycles. The van der Waals surface area contributed by atoms with Crippen molar-refractivity contribution >= 4 is 11.9 Å². The lowest BCUT2D eigenvalue weighted by molar-refractivity contribution is 0.0660. The van der Waals surface area contributed by atoms with Gasteiger partial charge in [-0.1, -0.05) is 0 Å². The first-order valence-electron chi connectivity index (χ1n) is 5.59. The SMILES string of the molecule is CCOCCN(C)C(=O)c1ncccc1C(=O)O. The van der Waals surface area contributed by atoms with E-state index in [-0.39, 0.29) is 11.3 Å². The van der Waals surface area contributed by atoms with Crippen LogP contribution in [0.5, 0.6) is 0 Å². The van der Waals surface area contributed by atoms with Gasteiger partial charge in [0.15, 0.2) is 0 Å². The van der Waals surface area contributed by atoms with Gasteiger partial charge in [0, 0.05) is 26.4 Å². The minimum Gasteiger partial charge on any atom is -0.478 e. The van der Waals surface area contributed by atoms with Crippen LogP contribution in [0, 0.1) is 0 Å². The van der Waals surface area contributed by atoms with Crippen LogP contribution in [0.15, 0.2) is 18.3 Å². The number of aromatic carboxylic acids is 1. The van der Waals surface area contributed by atoms with E-state index < -0.39 is 11.9 Å². The number of carbonyl (C=O) groups is 2. The van der Waals surface area contributed by atoms with Crippen molar-refractivity contribution in [3.63, 3.8) is 0 Å². The molecular formula is C12H16N2O4. The van der Waals surface area contributed by atoms with Crippen molar-refractivity contribution in [2.75, 3.05) is 26.8 Å². The molecule has 0 spiro atoms. The summed E-state index contributed by atoms with van der Waals surface area (Å²) in [4.78, 5) is 28.2. The zero-order chi connectivity index (χ0) is 13.5. The minimum atomic E-state index is -1.16. The maximum atomic E-state index is 12.0. The summed E-state index contributed by atoms with van der Waals surface area (Å²) in [7, 11) is 1.58. The predicted octanol–water partition coefficient (Wildman–Crippen LogP) is 0.888. The Bertz CT molecular complexity index is 434. The van der Waals surface area contributed by atoms with Crippen LogP contribution in [0.1, 0.15) is 27.8 Å². The number of carboxylic acid groups (broad SMARTS) is 1. The first kappa shape index (κ1) is 14.1. The molecule has 1 N–H and O–H groups in total. The molecule has 0 unspecified atom stereocenters. The van der Waals surface area contributed by atoms with Crippen molar-refractivity contribution in [2.24, 2.45) is 0 Å². The third kappa shape index (κ3) is 3.53. The molecule has 1 heterocycles. The molecule has 18 heavy (non-hydrogen) atoms. The van der Waals surface area contributed by atoms with Gasteiger partial charge in [0.05, 0.1) is 12.2 Å². The summed E-state index contributed by atoms with van der Waals surface area (Å²) in [6.45, 7) is 3.24. The molecule has 1 aromatic rings. The Morgan fingerprint density at radius 3 is 2.83 bits per heavy atom. The van der Waals surface area contributed by atoms with Gasteiger partial charge in [-0.25, -0.2) is 4.79 Å². The molecule has 0 radical (unpaired) electrons. The van der Waals surface area contributed by atoms with E-state index in [1.54, 1.807) is 7.05 Å². The summed E-state index contributed by atoms with van der Waals surface area (Å²) < 4.78 is 5.14. The molecule has 1 amide bonds. The highest BCUT2D eigenvalue weighted by molar-refractivity contribution is 6.03. The normalized spacial score (nSPS) is 10.1. The third-order valence-electron chi connectivity index (χ3n) is 2.36. The van der Waals surface area contributed by atoms with Crippen LogP contribution in [0.3, 0.4) is 0 Å². The van der Waals surface area contributed by atoms with Crippen LogP contribution in [0.25, 0.3) is 0 Å². The van der Waals surface area contributed by atoms with E-state index in [0.29, 0.717) is 19.8 Å². The number of rotatable bonds is 6. The summed E-state index contributed by atoms with van der Waals surface area (Å²) >= 11 is 0. The maximum Gasteiger partial charge on any atom is 0.338 e. The zero-order valence-electron chi connectivity index (χ0n) is 10.4. The standard InChI is InChI=1S/C12H16N2O4/c1-3-18-8-7-14(2)11(15)10-9(12(16)17)5-4-6-13-10/h4-6H,3,7-8H2,1-2H3,(H,16,17). The van der Waals surface area contributed by atoms with Gasteiger partial charge < -0.3 is 14.7 Å². The van der Waals surface area contributed by atoms with Gasteiger partial charge in [-0.15, -0.1) is 0 Å². The fraction of sp³-hybridized carbons (Fsp3) is 0.417. The van der Waals surface area contributed by atoms with E-state index in [0.717, 1.165) is 0 Å². The molecule has 0 aromatic carbocycles. The quantitative estimate of drug-likeness (QED) is 0.760. The number of ether oxygens (including phenoxy) is 1. The monoisotopic (exact) mass is 252 g/mol. The number of pyridine rings is 1. The molecule has 0 aliphatic rings. The fourth-order valence-electron chi connectivity index (χ4n) is 1.38. The Morgan fingerprint density at radius 1 is 1.50 bits per heavy atom. The van der Waals surface area contributed by atoms with Gasteiger partial charge in [0.25, 0.3) is 5.91 Å². The molecule has 0 aliphatic carbocycles. The van der Waals surface area contributed by atoms with E-state index >= 15 is 0 Å². The lowest BCUT2D eigenvalue weighted by atomic mass is 10.2. The highest BCUT2D eigenvalue weighted by Gasteiger charge is 2.20. The average Bonchev–Trinajstić information content (AvgIpc) is 2.38. The maximum absolute atomic E-state index is 12.0. The van der Waals surface area contributed by atoms with Gasteiger partial charge >= 0.3 is 5.97 Å². The van der Waals surface area contributed by atoms with Crippen LogP contribution >= 0.6 is 0 Å². The van der Waals surface area contributed by atoms with Crippen molar-refractivity contribution in [2.45, 2.75) is 6.92 Å². The third-order valence-corrected chi connectivity index (χ3v) is 2.36. The molecule has 1 rings (SSSR count). The van der Waals surface area contributed by atoms with Crippen molar-refractivity contribution in [1.29, 1.82) is 0 Å². The van der Waals surface area contributed by atoms with Crippen molar-refractivity contribution in [3.05, 3.63) is 29.6 Å². The Hall–Kier alpha value is -1.95. The van der Waals surface area contributed by atoms with E-state index in [4.69, 9.17) is 9.84 Å². The molecule has 6 nitrogen and oxygen atoms in total. The summed E-state index contributed by atoms with van der Waals surface area (Å²) in [6, 6.07) is 2.85. The van der Waals surface area contributed by atoms with E-state index in [9.17, 15) is 9.59 Å². The van der Waals surface area contributed by atoms with Crippen LogP contribution in [0.4, 0.5) is 0 Å². The summed E-state index contributed by atoms with van der Waals surface area (Å²) in [6.07, 6.45) is 1.40. The Kier molecular flexibility index (Phi) is 5.26. The van der Waals surface area contributed by atoms with Crippen LogP contribution in [-0.2, 0) is 4.74 Å². The fourth-order valence-corrected chi connectivity index (χ4v) is 1.38. The molecule has 0 saturated carbocycles. The molecule has 0 atom stereocenters. The summed E-state index contributed by atoms with van der Waals surface area (Å²) in [5.41, 5.74) is -0.144. The molecular weight excluding hydrogens is 236 g/mol. The van der Waals surface area contributed by atoms with Gasteiger partial charge in [0.2, 0.25) is 0 Å². The Morgan fingerprint density at radius 2 is 2.22 bits per heavy atom. The zero-order valence-corrected chi connectivity index (χ0v) is 10.4. The molecule has 6 heteroatoms. The molecule has 0 bridgehead atoms. The topological polar surface area (TPSA) is 79.7 Å². The number of likely N-dealkylation sites (N-methyl/N-ethyl adjacent to an activating group) is 1. The van der Waals surface area contributed by atoms with Crippen molar-refractivity contribution in [1.82, 2.24) is 9.88 Å². The average molecular weight is 252 g/mol. The number of nitrogens with zero attached hydrogens (tertiary/aromatic N) is 2. The number of hydrogen-bond donors (Lipinski definition) is 1. The van der Waals surface area contributed by atoms with E-state index in [2.05, 4.69) is 4.98 Å². The highest BCUT2D eigenvalue weighted by atomic mass is 16.5. The molecule has 0 fully saturated rings. The Labute approximate surface area is 105 Å². The van der Waals surface area contributed by atoms with E-state index in [1.165, 1.54) is 23.2 Å². The minimum absolute atomic E-state index is 0.0519. The first-order chi connectivity index (χ1) is 8.57. The molecule has 0 aliphatic heterocycles. The Balaban J connectivity index is 2.80. The van der Waals surface area contributed by atoms with Crippen LogP contribution in [0.2, 0.25) is 0 Å². The van der Waals surface area contributed by atoms with E-state index in [1.807, 2.05) is 6.92 Å². The van der Waals surface area contributed by atoms with Crippen molar-refractivity contribution < 1.29 is 19.4 Å². The number of carbonyl (C=O) groups excluding carboxylic acids is 1. The second-order valence-electron chi connectivity index (χ2n) is 3.63. The van der Waals surface area contributed by atoms with Gasteiger partial charge in [-0.3, -0.25) is 9.78 Å². The second-order valence-corrected chi connectivity index (χ2v) is 3.63. The summed E-state index contributed by atoms with van der Waals surface area (Å²) in [5.74, 6) is -1.59. The van der Waals surface area contributed by atoms with Gasteiger partial charge in [0.1, 0.15) is 5.69 Å². The van der Waals surface area contributed by atoms with Crippen molar-refractivity contribution in [3.8, 4) is 0 Å². The first-order valence-corrected chi connectivity index (χ1v) is 5.59. The lowest BCUT2D eigenvalue weighted by Crippen LogP contribution is -2.32. The number of aromatic nitrogens is 1. The molecule has 0 saturated heterocycles. The lowest BCUT2D eigenvalue weighted by Gasteiger charge is -2.17. The molecule has 98 valence electrons. The number of hydrogen-bond acceptors (Lipinski definition) is 4. The van der Waals surface area contributed by atoms with Crippen LogP contribution < -0.4 is 0 Å². The van der Waals surface area contributed by atoms with Crippen LogP contribution in [-0.4, -0.2) is 53.7 Å².